The Kier molecular flexibility index (Phi) is 9.14. The molecular formula is C35H41F2N7O2. The normalized spacial score (nSPS) is 18.1. The van der Waals surface area contributed by atoms with Gasteiger partial charge in [-0.3, -0.25) is 14.8 Å². The van der Waals surface area contributed by atoms with Crippen molar-refractivity contribution in [2.75, 3.05) is 74.6 Å². The third-order valence-corrected chi connectivity index (χ3v) is 9.48. The van der Waals surface area contributed by atoms with E-state index in [1.165, 1.54) is 18.6 Å². The van der Waals surface area contributed by atoms with Crippen LogP contribution in [0.1, 0.15) is 40.7 Å². The molecule has 0 bridgehead atoms. The zero-order valence-corrected chi connectivity index (χ0v) is 26.0. The summed E-state index contributed by atoms with van der Waals surface area (Å²) in [6.07, 6.45) is 3.36. The lowest BCUT2D eigenvalue weighted by Crippen LogP contribution is -2.48. The molecule has 0 saturated carbocycles. The molecule has 7 rings (SSSR count). The second-order valence-electron chi connectivity index (χ2n) is 12.8. The molecule has 3 fully saturated rings. The van der Waals surface area contributed by atoms with Crippen molar-refractivity contribution in [3.05, 3.63) is 82.9 Å². The van der Waals surface area contributed by atoms with E-state index in [0.717, 1.165) is 98.5 Å². The van der Waals surface area contributed by atoms with Crippen LogP contribution in [0.2, 0.25) is 0 Å². The first-order valence-electron chi connectivity index (χ1n) is 16.4. The number of carbonyl (C=O) groups is 1. The summed E-state index contributed by atoms with van der Waals surface area (Å²) in [6, 6.07) is 15.4. The predicted octanol–water partition coefficient (Wildman–Crippen LogP) is 5.01. The largest absolute Gasteiger partial charge is 0.381 e. The van der Waals surface area contributed by atoms with E-state index >= 15 is 0 Å². The Morgan fingerprint density at radius 2 is 1.72 bits per heavy atom. The van der Waals surface area contributed by atoms with E-state index in [4.69, 9.17) is 4.74 Å². The van der Waals surface area contributed by atoms with E-state index in [0.29, 0.717) is 36.6 Å². The lowest BCUT2D eigenvalue weighted by atomic mass is 9.99. The van der Waals surface area contributed by atoms with Crippen LogP contribution in [-0.2, 0) is 11.2 Å². The van der Waals surface area contributed by atoms with E-state index in [1.807, 2.05) is 30.3 Å². The summed E-state index contributed by atoms with van der Waals surface area (Å²) in [5.41, 5.74) is 4.59. The molecule has 0 radical (unpaired) electrons. The number of benzene rings is 3. The first-order valence-corrected chi connectivity index (χ1v) is 16.4. The molecule has 0 aliphatic carbocycles. The van der Waals surface area contributed by atoms with Gasteiger partial charge in [-0.15, -0.1) is 0 Å². The van der Waals surface area contributed by atoms with Crippen LogP contribution >= 0.6 is 0 Å². The Morgan fingerprint density at radius 1 is 0.935 bits per heavy atom. The van der Waals surface area contributed by atoms with Crippen molar-refractivity contribution >= 4 is 34.0 Å². The number of aromatic amines is 1. The van der Waals surface area contributed by atoms with Gasteiger partial charge in [-0.05, 0) is 105 Å². The van der Waals surface area contributed by atoms with E-state index in [-0.39, 0.29) is 11.9 Å². The number of aromatic nitrogens is 2. The van der Waals surface area contributed by atoms with Gasteiger partial charge in [-0.1, -0.05) is 6.07 Å². The lowest BCUT2D eigenvalue weighted by molar-refractivity contribution is 0.0904. The number of carbonyl (C=O) groups excluding carboxylic acids is 1. The Hall–Kier alpha value is -4.06. The summed E-state index contributed by atoms with van der Waals surface area (Å²) in [5, 5.41) is 18.1. The van der Waals surface area contributed by atoms with Crippen LogP contribution in [0.4, 0.5) is 26.0 Å². The number of ether oxygens (including phenoxy) is 1. The molecule has 0 spiro atoms. The van der Waals surface area contributed by atoms with Crippen LogP contribution < -0.4 is 20.9 Å². The number of amides is 1. The lowest BCUT2D eigenvalue weighted by Gasteiger charge is -2.38. The quantitative estimate of drug-likeness (QED) is 0.196. The van der Waals surface area contributed by atoms with Crippen molar-refractivity contribution in [3.63, 3.8) is 0 Å². The summed E-state index contributed by atoms with van der Waals surface area (Å²) in [4.78, 5) is 18.8. The number of H-pyrrole nitrogens is 1. The topological polar surface area (TPSA) is 97.6 Å². The Labute approximate surface area is 267 Å². The Bertz CT molecular complexity index is 1660. The molecule has 0 atom stereocenters. The highest BCUT2D eigenvalue weighted by atomic mass is 19.1. The van der Waals surface area contributed by atoms with Gasteiger partial charge in [0, 0.05) is 68.3 Å². The van der Waals surface area contributed by atoms with E-state index in [2.05, 4.69) is 42.0 Å². The SMILES string of the molecule is O=C(Nc1n[nH]c2ccc(Cc3cc(F)cc(F)c3)cc12)c1ccc(N2CCN(CCC3CNC3)CC2)cc1NC1CCOCC1. The maximum Gasteiger partial charge on any atom is 0.258 e. The molecule has 11 heteroatoms. The number of anilines is 3. The second-order valence-corrected chi connectivity index (χ2v) is 12.8. The number of fused-ring (bicyclic) bond motifs is 1. The highest BCUT2D eigenvalue weighted by Crippen LogP contribution is 2.29. The molecule has 1 aromatic heterocycles. The molecule has 242 valence electrons. The van der Waals surface area contributed by atoms with Crippen LogP contribution in [0.15, 0.2) is 54.6 Å². The fraction of sp³-hybridized carbons (Fsp3) is 0.429. The molecule has 3 aliphatic rings. The molecule has 4 heterocycles. The van der Waals surface area contributed by atoms with Gasteiger partial charge >= 0.3 is 0 Å². The third-order valence-electron chi connectivity index (χ3n) is 9.48. The van der Waals surface area contributed by atoms with Crippen LogP contribution in [0.3, 0.4) is 0 Å². The maximum atomic E-state index is 13.8. The van der Waals surface area contributed by atoms with Crippen LogP contribution in [0.25, 0.3) is 10.9 Å². The summed E-state index contributed by atoms with van der Waals surface area (Å²) in [7, 11) is 0. The molecule has 3 aromatic carbocycles. The minimum Gasteiger partial charge on any atom is -0.381 e. The Balaban J connectivity index is 1.08. The van der Waals surface area contributed by atoms with Crippen molar-refractivity contribution in [2.45, 2.75) is 31.7 Å². The first kappa shape index (κ1) is 30.6. The van der Waals surface area contributed by atoms with Crippen molar-refractivity contribution in [3.8, 4) is 0 Å². The summed E-state index contributed by atoms with van der Waals surface area (Å²) in [5.74, 6) is -0.251. The van der Waals surface area contributed by atoms with Crippen LogP contribution in [0, 0.1) is 17.6 Å². The molecule has 0 unspecified atom stereocenters. The van der Waals surface area contributed by atoms with Gasteiger partial charge in [0.15, 0.2) is 5.82 Å². The van der Waals surface area contributed by atoms with Crippen molar-refractivity contribution < 1.29 is 18.3 Å². The van der Waals surface area contributed by atoms with Crippen molar-refractivity contribution in [2.24, 2.45) is 5.92 Å². The zero-order valence-electron chi connectivity index (χ0n) is 26.0. The predicted molar refractivity (Wildman–Crippen MR) is 177 cm³/mol. The number of hydrogen-bond acceptors (Lipinski definition) is 7. The molecule has 3 saturated heterocycles. The molecule has 4 aromatic rings. The van der Waals surface area contributed by atoms with Crippen molar-refractivity contribution in [1.82, 2.24) is 20.4 Å². The fourth-order valence-corrected chi connectivity index (χ4v) is 6.65. The number of nitrogens with one attached hydrogen (secondary N) is 4. The smallest absolute Gasteiger partial charge is 0.258 e. The Morgan fingerprint density at radius 3 is 2.46 bits per heavy atom. The van der Waals surface area contributed by atoms with Gasteiger partial charge in [0.05, 0.1) is 11.1 Å². The van der Waals surface area contributed by atoms with Gasteiger partial charge in [-0.2, -0.15) is 5.10 Å². The van der Waals surface area contributed by atoms with E-state index < -0.39 is 11.6 Å². The maximum absolute atomic E-state index is 13.8. The number of hydrogen-bond donors (Lipinski definition) is 4. The second kappa shape index (κ2) is 13.7. The van der Waals surface area contributed by atoms with Crippen LogP contribution in [0.5, 0.6) is 0 Å². The number of nitrogens with zero attached hydrogens (tertiary/aromatic N) is 3. The monoisotopic (exact) mass is 629 g/mol. The highest BCUT2D eigenvalue weighted by molar-refractivity contribution is 6.11. The summed E-state index contributed by atoms with van der Waals surface area (Å²) in [6.45, 7) is 8.83. The number of piperazine rings is 1. The standard InChI is InChI=1S/C35H41F2N7O2/c36-26-16-25(17-27(37)19-26)15-23-1-4-32-31(18-23)34(42-41-32)40-35(45)30-3-2-29(20-33(30)39-28-6-13-46-14-7-28)44-11-9-43(10-12-44)8-5-24-21-38-22-24/h1-4,16-20,24,28,38-39H,5-15,21-22H2,(H2,40,41,42,45). The van der Waals surface area contributed by atoms with Crippen LogP contribution in [-0.4, -0.2) is 86.1 Å². The van der Waals surface area contributed by atoms with Crippen molar-refractivity contribution in [1.29, 1.82) is 0 Å². The fourth-order valence-electron chi connectivity index (χ4n) is 6.65. The molecule has 3 aliphatic heterocycles. The van der Waals surface area contributed by atoms with Gasteiger partial charge < -0.3 is 25.6 Å². The first-order chi connectivity index (χ1) is 22.5. The minimum absolute atomic E-state index is 0.217. The number of halogens is 2. The van der Waals surface area contributed by atoms with Gasteiger partial charge in [0.25, 0.3) is 5.91 Å². The van der Waals surface area contributed by atoms with E-state index in [1.54, 1.807) is 0 Å². The highest BCUT2D eigenvalue weighted by Gasteiger charge is 2.24. The molecule has 4 N–H and O–H groups in total. The van der Waals surface area contributed by atoms with Gasteiger partial charge in [0.1, 0.15) is 11.6 Å². The summed E-state index contributed by atoms with van der Waals surface area (Å²) < 4.78 is 33.1. The minimum atomic E-state index is -0.608. The number of rotatable bonds is 10. The summed E-state index contributed by atoms with van der Waals surface area (Å²) >= 11 is 0. The molecule has 1 amide bonds. The molecule has 9 nitrogen and oxygen atoms in total. The molecule has 46 heavy (non-hydrogen) atoms. The van der Waals surface area contributed by atoms with Gasteiger partial charge in [0.2, 0.25) is 0 Å². The van der Waals surface area contributed by atoms with Gasteiger partial charge in [-0.25, -0.2) is 8.78 Å². The average Bonchev–Trinajstić information content (AvgIpc) is 3.42. The molecular weight excluding hydrogens is 588 g/mol. The zero-order chi connectivity index (χ0) is 31.5. The third kappa shape index (κ3) is 7.16. The van der Waals surface area contributed by atoms with E-state index in [9.17, 15) is 13.6 Å². The average molecular weight is 630 g/mol.